The molecule has 0 aliphatic carbocycles. The maximum Gasteiger partial charge on any atom is 0.224 e. The van der Waals surface area contributed by atoms with E-state index in [-0.39, 0.29) is 36.5 Å². The van der Waals surface area contributed by atoms with E-state index >= 15 is 0 Å². The fourth-order valence-electron chi connectivity index (χ4n) is 3.11. The van der Waals surface area contributed by atoms with Crippen molar-refractivity contribution < 1.29 is 9.53 Å². The SMILES string of the molecule is CC1COC(c2ccccc2Cl)CN1C(=O)CC1CSCCN1.Cl. The van der Waals surface area contributed by atoms with Crippen LogP contribution in [0.15, 0.2) is 24.3 Å². The fraction of sp³-hybridized carbons (Fsp3) is 0.588. The lowest BCUT2D eigenvalue weighted by Gasteiger charge is -2.39. The van der Waals surface area contributed by atoms with Crippen molar-refractivity contribution in [3.63, 3.8) is 0 Å². The van der Waals surface area contributed by atoms with Crippen LogP contribution >= 0.6 is 35.8 Å². The molecule has 0 saturated carbocycles. The molecule has 0 bridgehead atoms. The molecule has 7 heteroatoms. The predicted octanol–water partition coefficient (Wildman–Crippen LogP) is 3.15. The summed E-state index contributed by atoms with van der Waals surface area (Å²) in [6.07, 6.45) is 0.421. The normalized spacial score (nSPS) is 27.4. The minimum Gasteiger partial charge on any atom is -0.369 e. The second-order valence-electron chi connectivity index (χ2n) is 6.17. The van der Waals surface area contributed by atoms with Gasteiger partial charge in [-0.25, -0.2) is 0 Å². The molecule has 2 fully saturated rings. The van der Waals surface area contributed by atoms with Crippen molar-refractivity contribution in [3.8, 4) is 0 Å². The highest BCUT2D eigenvalue weighted by Crippen LogP contribution is 2.30. The molecule has 0 radical (unpaired) electrons. The Labute approximate surface area is 159 Å². The second kappa shape index (κ2) is 9.30. The van der Waals surface area contributed by atoms with Crippen LogP contribution < -0.4 is 5.32 Å². The topological polar surface area (TPSA) is 41.6 Å². The number of thioether (sulfide) groups is 1. The highest BCUT2D eigenvalue weighted by atomic mass is 35.5. The van der Waals surface area contributed by atoms with Crippen LogP contribution in [-0.4, -0.2) is 54.1 Å². The number of nitrogens with zero attached hydrogens (tertiary/aromatic N) is 1. The van der Waals surface area contributed by atoms with Crippen LogP contribution in [0.25, 0.3) is 0 Å². The van der Waals surface area contributed by atoms with Crippen molar-refractivity contribution in [2.45, 2.75) is 31.5 Å². The van der Waals surface area contributed by atoms with Gasteiger partial charge < -0.3 is 15.0 Å². The second-order valence-corrected chi connectivity index (χ2v) is 7.73. The first-order valence-corrected chi connectivity index (χ1v) is 9.65. The standard InChI is InChI=1S/C17H23ClN2O2S.ClH/c1-12-10-22-16(14-4-2-3-5-15(14)18)9-20(12)17(21)8-13-11-23-7-6-19-13;/h2-5,12-13,16,19H,6-11H2,1H3;1H. The van der Waals surface area contributed by atoms with Crippen LogP contribution in [0.1, 0.15) is 25.0 Å². The third-order valence-corrected chi connectivity index (χ3v) is 5.90. The first-order chi connectivity index (χ1) is 11.1. The van der Waals surface area contributed by atoms with E-state index in [1.54, 1.807) is 0 Å². The van der Waals surface area contributed by atoms with Gasteiger partial charge in [-0.2, -0.15) is 11.8 Å². The number of amides is 1. The molecule has 3 rings (SSSR count). The van der Waals surface area contributed by atoms with Crippen LogP contribution in [0, 0.1) is 0 Å². The van der Waals surface area contributed by atoms with Crippen LogP contribution in [-0.2, 0) is 9.53 Å². The molecule has 2 aliphatic heterocycles. The number of halogens is 2. The summed E-state index contributed by atoms with van der Waals surface area (Å²) in [6, 6.07) is 8.11. The molecule has 0 aromatic heterocycles. The summed E-state index contributed by atoms with van der Waals surface area (Å²) in [4.78, 5) is 14.7. The quantitative estimate of drug-likeness (QED) is 0.860. The molecule has 2 saturated heterocycles. The number of benzene rings is 1. The Kier molecular flexibility index (Phi) is 7.69. The van der Waals surface area contributed by atoms with E-state index in [9.17, 15) is 4.79 Å². The lowest BCUT2D eigenvalue weighted by atomic mass is 10.0. The zero-order valence-electron chi connectivity index (χ0n) is 13.7. The van der Waals surface area contributed by atoms with Gasteiger partial charge in [-0.3, -0.25) is 4.79 Å². The zero-order valence-corrected chi connectivity index (χ0v) is 16.1. The first kappa shape index (κ1) is 19.9. The number of hydrogen-bond donors (Lipinski definition) is 1. The lowest BCUT2D eigenvalue weighted by Crippen LogP contribution is -2.50. The Hall–Kier alpha value is -0.460. The predicted molar refractivity (Wildman–Crippen MR) is 102 cm³/mol. The average molecular weight is 391 g/mol. The summed E-state index contributed by atoms with van der Waals surface area (Å²) >= 11 is 8.20. The van der Waals surface area contributed by atoms with Crippen molar-refractivity contribution in [3.05, 3.63) is 34.9 Å². The van der Waals surface area contributed by atoms with Gasteiger partial charge in [0.1, 0.15) is 6.10 Å². The molecule has 0 spiro atoms. The van der Waals surface area contributed by atoms with Crippen molar-refractivity contribution in [2.24, 2.45) is 0 Å². The van der Waals surface area contributed by atoms with Gasteiger partial charge in [0.15, 0.2) is 0 Å². The molecule has 24 heavy (non-hydrogen) atoms. The maximum atomic E-state index is 12.7. The van der Waals surface area contributed by atoms with Crippen molar-refractivity contribution in [2.75, 3.05) is 31.2 Å². The molecule has 3 atom stereocenters. The first-order valence-electron chi connectivity index (χ1n) is 8.12. The summed E-state index contributed by atoms with van der Waals surface area (Å²) in [5.74, 6) is 2.35. The largest absolute Gasteiger partial charge is 0.369 e. The van der Waals surface area contributed by atoms with E-state index in [1.807, 2.05) is 47.9 Å². The number of morpholine rings is 1. The molecule has 1 N–H and O–H groups in total. The third kappa shape index (κ3) is 4.79. The van der Waals surface area contributed by atoms with E-state index in [0.29, 0.717) is 24.6 Å². The molecule has 1 aromatic rings. The number of carbonyl (C=O) groups excluding carboxylic acids is 1. The Bertz CT molecular complexity index is 555. The number of nitrogens with one attached hydrogen (secondary N) is 1. The Balaban J connectivity index is 0.00000208. The summed E-state index contributed by atoms with van der Waals surface area (Å²) in [6.45, 7) is 4.16. The number of carbonyl (C=O) groups is 1. The van der Waals surface area contributed by atoms with Gasteiger partial charge in [-0.05, 0) is 13.0 Å². The highest BCUT2D eigenvalue weighted by Gasteiger charge is 2.32. The molecule has 4 nitrogen and oxygen atoms in total. The van der Waals surface area contributed by atoms with Gasteiger partial charge in [0.25, 0.3) is 0 Å². The Morgan fingerprint density at radius 2 is 2.25 bits per heavy atom. The molecule has 1 amide bonds. The Morgan fingerprint density at radius 1 is 1.46 bits per heavy atom. The van der Waals surface area contributed by atoms with Crippen LogP contribution in [0.5, 0.6) is 0 Å². The van der Waals surface area contributed by atoms with Crippen molar-refractivity contribution in [1.29, 1.82) is 0 Å². The van der Waals surface area contributed by atoms with E-state index in [1.165, 1.54) is 0 Å². The molecular formula is C17H24Cl2N2O2S. The summed E-state index contributed by atoms with van der Waals surface area (Å²) in [5, 5.41) is 4.13. The van der Waals surface area contributed by atoms with Gasteiger partial charge in [0, 0.05) is 41.1 Å². The molecule has 3 unspecified atom stereocenters. The molecular weight excluding hydrogens is 367 g/mol. The Morgan fingerprint density at radius 3 is 2.96 bits per heavy atom. The molecule has 2 aliphatic rings. The summed E-state index contributed by atoms with van der Waals surface area (Å²) in [7, 11) is 0. The van der Waals surface area contributed by atoms with Crippen LogP contribution in [0.4, 0.5) is 0 Å². The fourth-order valence-corrected chi connectivity index (χ4v) is 4.31. The molecule has 2 heterocycles. The maximum absolute atomic E-state index is 12.7. The van der Waals surface area contributed by atoms with E-state index in [4.69, 9.17) is 16.3 Å². The highest BCUT2D eigenvalue weighted by molar-refractivity contribution is 7.99. The lowest BCUT2D eigenvalue weighted by molar-refractivity contribution is -0.144. The van der Waals surface area contributed by atoms with E-state index in [0.717, 1.165) is 23.6 Å². The monoisotopic (exact) mass is 390 g/mol. The third-order valence-electron chi connectivity index (χ3n) is 4.43. The number of hydrogen-bond acceptors (Lipinski definition) is 4. The summed E-state index contributed by atoms with van der Waals surface area (Å²) < 4.78 is 5.93. The average Bonchev–Trinajstić information content (AvgIpc) is 2.57. The number of rotatable bonds is 3. The van der Waals surface area contributed by atoms with Crippen LogP contribution in [0.2, 0.25) is 5.02 Å². The summed E-state index contributed by atoms with van der Waals surface area (Å²) in [5.41, 5.74) is 0.963. The number of ether oxygens (including phenoxy) is 1. The minimum atomic E-state index is -0.141. The van der Waals surface area contributed by atoms with Gasteiger partial charge in [0.2, 0.25) is 5.91 Å². The molecule has 1 aromatic carbocycles. The van der Waals surface area contributed by atoms with Gasteiger partial charge in [0.05, 0.1) is 19.2 Å². The molecule has 134 valence electrons. The zero-order chi connectivity index (χ0) is 16.2. The van der Waals surface area contributed by atoms with Crippen LogP contribution in [0.3, 0.4) is 0 Å². The van der Waals surface area contributed by atoms with E-state index < -0.39 is 0 Å². The van der Waals surface area contributed by atoms with Gasteiger partial charge in [-0.15, -0.1) is 12.4 Å². The van der Waals surface area contributed by atoms with Gasteiger partial charge in [-0.1, -0.05) is 29.8 Å². The smallest absolute Gasteiger partial charge is 0.224 e. The van der Waals surface area contributed by atoms with Crippen molar-refractivity contribution >= 4 is 41.7 Å². The van der Waals surface area contributed by atoms with Gasteiger partial charge >= 0.3 is 0 Å². The minimum absolute atomic E-state index is 0. The van der Waals surface area contributed by atoms with E-state index in [2.05, 4.69) is 5.32 Å². The van der Waals surface area contributed by atoms with Crippen molar-refractivity contribution in [1.82, 2.24) is 10.2 Å².